The second-order valence-corrected chi connectivity index (χ2v) is 9.24. The number of hydrogen-bond donors (Lipinski definition) is 1. The van der Waals surface area contributed by atoms with Crippen LogP contribution in [0.2, 0.25) is 0 Å². The van der Waals surface area contributed by atoms with Crippen LogP contribution in [0, 0.1) is 11.8 Å². The van der Waals surface area contributed by atoms with Gasteiger partial charge >= 0.3 is 0 Å². The molecule has 0 spiro atoms. The fourth-order valence-corrected chi connectivity index (χ4v) is 4.97. The number of hydrogen-bond acceptors (Lipinski definition) is 2. The van der Waals surface area contributed by atoms with E-state index in [4.69, 9.17) is 0 Å². The van der Waals surface area contributed by atoms with Gasteiger partial charge in [0.15, 0.2) is 0 Å². The fraction of sp³-hybridized carbons (Fsp3) is 0.333. The van der Waals surface area contributed by atoms with Crippen LogP contribution in [0.5, 0.6) is 5.75 Å². The number of piperidine rings is 1. The number of aromatic hydroxyl groups is 1. The van der Waals surface area contributed by atoms with Crippen LogP contribution >= 0.6 is 0 Å². The van der Waals surface area contributed by atoms with Gasteiger partial charge in [-0.15, -0.1) is 0 Å². The van der Waals surface area contributed by atoms with E-state index in [1.807, 2.05) is 12.1 Å². The van der Waals surface area contributed by atoms with E-state index in [-0.39, 0.29) is 0 Å². The van der Waals surface area contributed by atoms with Gasteiger partial charge in [0, 0.05) is 18.8 Å². The Morgan fingerprint density at radius 2 is 1.38 bits per heavy atom. The highest BCUT2D eigenvalue weighted by molar-refractivity contribution is 5.98. The zero-order valence-electron chi connectivity index (χ0n) is 19.6. The summed E-state index contributed by atoms with van der Waals surface area (Å²) in [7, 11) is 0. The van der Waals surface area contributed by atoms with Gasteiger partial charge < -0.3 is 10.0 Å². The smallest absolute Gasteiger partial charge is 0.115 e. The quantitative estimate of drug-likeness (QED) is 0.410. The molecule has 166 valence electrons. The Balaban J connectivity index is 1.69. The Hall–Kier alpha value is -3.00. The molecule has 1 fully saturated rings. The molecule has 2 heteroatoms. The molecule has 4 rings (SSSR count). The third kappa shape index (κ3) is 4.91. The summed E-state index contributed by atoms with van der Waals surface area (Å²) in [6, 6.07) is 27.3. The van der Waals surface area contributed by atoms with Crippen LogP contribution in [0.4, 0.5) is 5.69 Å². The van der Waals surface area contributed by atoms with Crippen molar-refractivity contribution in [2.24, 2.45) is 11.8 Å². The highest BCUT2D eigenvalue weighted by Crippen LogP contribution is 2.36. The first-order valence-electron chi connectivity index (χ1n) is 12.0. The van der Waals surface area contributed by atoms with E-state index in [0.717, 1.165) is 36.9 Å². The first-order valence-corrected chi connectivity index (χ1v) is 12.0. The Morgan fingerprint density at radius 1 is 0.812 bits per heavy atom. The molecule has 1 N–H and O–H groups in total. The van der Waals surface area contributed by atoms with Gasteiger partial charge in [-0.2, -0.15) is 0 Å². The zero-order valence-corrected chi connectivity index (χ0v) is 19.6. The molecule has 1 aliphatic heterocycles. The number of anilines is 1. The van der Waals surface area contributed by atoms with Crippen molar-refractivity contribution < 1.29 is 5.11 Å². The van der Waals surface area contributed by atoms with Crippen molar-refractivity contribution in [3.63, 3.8) is 0 Å². The molecule has 0 aromatic heterocycles. The van der Waals surface area contributed by atoms with Gasteiger partial charge in [-0.05, 0) is 83.2 Å². The second-order valence-electron chi connectivity index (χ2n) is 9.24. The van der Waals surface area contributed by atoms with Crippen molar-refractivity contribution >= 4 is 16.8 Å². The van der Waals surface area contributed by atoms with Gasteiger partial charge in [-0.1, -0.05) is 75.4 Å². The highest BCUT2D eigenvalue weighted by atomic mass is 16.3. The normalized spacial score (nSPS) is 15.7. The van der Waals surface area contributed by atoms with E-state index in [2.05, 4.69) is 80.3 Å². The van der Waals surface area contributed by atoms with Gasteiger partial charge in [0.05, 0.1) is 0 Å². The summed E-state index contributed by atoms with van der Waals surface area (Å²) in [6.45, 7) is 9.21. The number of nitrogens with zero attached hydrogens (tertiary/aromatic N) is 1. The predicted octanol–water partition coefficient (Wildman–Crippen LogP) is 7.63. The van der Waals surface area contributed by atoms with E-state index in [1.165, 1.54) is 40.8 Å². The molecular weight excluding hydrogens is 390 g/mol. The van der Waals surface area contributed by atoms with E-state index in [0.29, 0.717) is 5.75 Å². The Morgan fingerprint density at radius 3 is 1.91 bits per heavy atom. The molecule has 3 aromatic rings. The predicted molar refractivity (Wildman–Crippen MR) is 137 cm³/mol. The fourth-order valence-electron chi connectivity index (χ4n) is 4.97. The van der Waals surface area contributed by atoms with Crippen LogP contribution in [0.15, 0.2) is 78.9 Å². The van der Waals surface area contributed by atoms with Crippen LogP contribution in [0.3, 0.4) is 0 Å². The minimum absolute atomic E-state index is 0.297. The first-order chi connectivity index (χ1) is 15.6. The summed E-state index contributed by atoms with van der Waals surface area (Å²) in [5, 5.41) is 9.83. The number of rotatable bonds is 6. The van der Waals surface area contributed by atoms with Gasteiger partial charge in [-0.25, -0.2) is 0 Å². The lowest BCUT2D eigenvalue weighted by Crippen LogP contribution is -2.35. The topological polar surface area (TPSA) is 23.5 Å². The zero-order chi connectivity index (χ0) is 22.5. The maximum atomic E-state index is 9.83. The molecular formula is C30H35NO. The Labute approximate surface area is 193 Å². The van der Waals surface area contributed by atoms with Crippen molar-refractivity contribution in [2.75, 3.05) is 18.0 Å². The van der Waals surface area contributed by atoms with Crippen molar-refractivity contribution in [1.29, 1.82) is 0 Å². The third-order valence-corrected chi connectivity index (χ3v) is 6.94. The van der Waals surface area contributed by atoms with E-state index >= 15 is 0 Å². The van der Waals surface area contributed by atoms with Crippen molar-refractivity contribution in [2.45, 2.75) is 40.0 Å². The molecule has 32 heavy (non-hydrogen) atoms. The average molecular weight is 426 g/mol. The summed E-state index contributed by atoms with van der Waals surface area (Å²) >= 11 is 0. The van der Waals surface area contributed by atoms with Crippen LogP contribution in [-0.4, -0.2) is 18.2 Å². The first kappa shape index (κ1) is 22.2. The molecule has 3 aromatic carbocycles. The largest absolute Gasteiger partial charge is 0.508 e. The lowest BCUT2D eigenvalue weighted by atomic mass is 9.86. The monoisotopic (exact) mass is 425 g/mol. The lowest BCUT2D eigenvalue weighted by molar-refractivity contribution is 0.311. The van der Waals surface area contributed by atoms with Crippen LogP contribution in [-0.2, 0) is 0 Å². The third-order valence-electron chi connectivity index (χ3n) is 6.94. The molecule has 0 saturated carbocycles. The summed E-state index contributed by atoms with van der Waals surface area (Å²) in [4.78, 5) is 2.53. The summed E-state index contributed by atoms with van der Waals surface area (Å²) in [5.74, 6) is 1.93. The molecule has 2 nitrogen and oxygen atoms in total. The van der Waals surface area contributed by atoms with E-state index in [1.54, 1.807) is 12.1 Å². The lowest BCUT2D eigenvalue weighted by Gasteiger charge is -2.35. The molecule has 0 amide bonds. The maximum absolute atomic E-state index is 9.83. The highest BCUT2D eigenvalue weighted by Gasteiger charge is 2.22. The Bertz CT molecular complexity index is 1020. The van der Waals surface area contributed by atoms with Gasteiger partial charge in [-0.3, -0.25) is 0 Å². The van der Waals surface area contributed by atoms with Crippen molar-refractivity contribution in [3.8, 4) is 5.75 Å². The maximum Gasteiger partial charge on any atom is 0.115 e. The summed E-state index contributed by atoms with van der Waals surface area (Å²) in [6.07, 6.45) is 3.50. The molecule has 0 radical (unpaired) electrons. The molecule has 0 bridgehead atoms. The van der Waals surface area contributed by atoms with Gasteiger partial charge in [0.25, 0.3) is 0 Å². The van der Waals surface area contributed by atoms with E-state index < -0.39 is 0 Å². The minimum Gasteiger partial charge on any atom is -0.508 e. The number of benzene rings is 3. The molecule has 0 aliphatic carbocycles. The van der Waals surface area contributed by atoms with E-state index in [9.17, 15) is 5.11 Å². The molecule has 1 heterocycles. The van der Waals surface area contributed by atoms with Crippen LogP contribution < -0.4 is 4.90 Å². The number of phenols is 1. The van der Waals surface area contributed by atoms with Crippen LogP contribution in [0.1, 0.15) is 56.7 Å². The molecule has 1 saturated heterocycles. The minimum atomic E-state index is 0.297. The summed E-state index contributed by atoms with van der Waals surface area (Å²) < 4.78 is 0. The molecule has 0 unspecified atom stereocenters. The van der Waals surface area contributed by atoms with Crippen molar-refractivity contribution in [3.05, 3.63) is 95.6 Å². The van der Waals surface area contributed by atoms with Crippen molar-refractivity contribution in [1.82, 2.24) is 0 Å². The molecule has 0 atom stereocenters. The van der Waals surface area contributed by atoms with Crippen LogP contribution in [0.25, 0.3) is 11.1 Å². The standard InChI is InChI=1S/C30H35NO/c1-4-29(24-8-6-5-7-9-24)30(26-12-16-28(32)17-13-26)25-10-14-27(15-11-25)31-20-18-23(19-21-31)22(2)3/h5-17,22-23,32H,4,18-21H2,1-3H3/b30-29+. The Kier molecular flexibility index (Phi) is 6.99. The number of allylic oxidation sites excluding steroid dienone is 1. The van der Waals surface area contributed by atoms with Gasteiger partial charge in [0.1, 0.15) is 5.75 Å². The number of phenolic OH excluding ortho intramolecular Hbond substituents is 1. The average Bonchev–Trinajstić information content (AvgIpc) is 2.84. The second kappa shape index (κ2) is 10.1. The SMILES string of the molecule is CC/C(=C(\c1ccc(O)cc1)c1ccc(N2CCC(C(C)C)CC2)cc1)c1ccccc1. The molecule has 1 aliphatic rings. The summed E-state index contributed by atoms with van der Waals surface area (Å²) in [5.41, 5.74) is 7.48. The van der Waals surface area contributed by atoms with Gasteiger partial charge in [0.2, 0.25) is 0 Å².